The molecule has 40 heavy (non-hydrogen) atoms. The maximum atomic E-state index is 13.3. The summed E-state index contributed by atoms with van der Waals surface area (Å²) in [5.74, 6) is -5.58. The van der Waals surface area contributed by atoms with E-state index in [0.29, 0.717) is 0 Å². The Labute approximate surface area is 231 Å². The summed E-state index contributed by atoms with van der Waals surface area (Å²) in [7, 11) is 1.31. The van der Waals surface area contributed by atoms with Crippen LogP contribution in [0.2, 0.25) is 0 Å². The standard InChI is InChI=1S/C28H32N2O10/c1-15(2)26(33)40-23-16(3)38-28(35)20(14-37-27(34)19(23)13-18-9-7-6-8-10-18)30-25(32)22-24(39-17(4)31)21(36-5)11-12-29-22/h6-12,15-16,19-20,23H,13-14H2,1-5H3,(H,30,32)/t16?,19?,20-,23?/m0/s1. The Bertz CT molecular complexity index is 1250. The average Bonchev–Trinajstić information content (AvgIpc) is 2.95. The minimum absolute atomic E-state index is 0.0611. The van der Waals surface area contributed by atoms with Gasteiger partial charge in [-0.3, -0.25) is 19.2 Å². The van der Waals surface area contributed by atoms with Gasteiger partial charge in [0.15, 0.2) is 23.6 Å². The van der Waals surface area contributed by atoms with Crippen LogP contribution in [0, 0.1) is 11.8 Å². The van der Waals surface area contributed by atoms with E-state index in [9.17, 15) is 24.0 Å². The van der Waals surface area contributed by atoms with Gasteiger partial charge in [-0.05, 0) is 18.9 Å². The maximum absolute atomic E-state index is 13.3. The predicted octanol–water partition coefficient (Wildman–Crippen LogP) is 2.03. The van der Waals surface area contributed by atoms with Gasteiger partial charge in [-0.25, -0.2) is 9.78 Å². The van der Waals surface area contributed by atoms with Crippen LogP contribution in [-0.4, -0.2) is 66.7 Å². The Morgan fingerprint density at radius 1 is 1.10 bits per heavy atom. The van der Waals surface area contributed by atoms with Crippen LogP contribution >= 0.6 is 0 Å². The molecule has 1 aromatic heterocycles. The molecule has 4 atom stereocenters. The Morgan fingerprint density at radius 2 is 1.80 bits per heavy atom. The summed E-state index contributed by atoms with van der Waals surface area (Å²) < 4.78 is 26.9. The Kier molecular flexibility index (Phi) is 10.2. The van der Waals surface area contributed by atoms with Crippen molar-refractivity contribution >= 4 is 29.8 Å². The molecule has 12 heteroatoms. The molecular weight excluding hydrogens is 524 g/mol. The van der Waals surface area contributed by atoms with Gasteiger partial charge in [0.2, 0.25) is 5.75 Å². The monoisotopic (exact) mass is 556 g/mol. The highest BCUT2D eigenvalue weighted by Crippen LogP contribution is 2.30. The average molecular weight is 557 g/mol. The number of benzene rings is 1. The molecular formula is C28H32N2O10. The fourth-order valence-corrected chi connectivity index (χ4v) is 3.97. The van der Waals surface area contributed by atoms with Gasteiger partial charge < -0.3 is 29.0 Å². The van der Waals surface area contributed by atoms with Crippen LogP contribution in [0.25, 0.3) is 0 Å². The fourth-order valence-electron chi connectivity index (χ4n) is 3.97. The molecule has 1 amide bonds. The molecule has 0 aliphatic carbocycles. The van der Waals surface area contributed by atoms with Gasteiger partial charge >= 0.3 is 23.9 Å². The van der Waals surface area contributed by atoms with Crippen LogP contribution in [0.15, 0.2) is 42.6 Å². The zero-order valence-corrected chi connectivity index (χ0v) is 22.9. The van der Waals surface area contributed by atoms with E-state index in [2.05, 4.69) is 10.3 Å². The first-order valence-electron chi connectivity index (χ1n) is 12.7. The van der Waals surface area contributed by atoms with Gasteiger partial charge in [0.1, 0.15) is 18.6 Å². The highest BCUT2D eigenvalue weighted by atomic mass is 16.6. The summed E-state index contributed by atoms with van der Waals surface area (Å²) in [6.45, 7) is 5.34. The van der Waals surface area contributed by atoms with Crippen LogP contribution in [0.4, 0.5) is 0 Å². The second kappa shape index (κ2) is 13.5. The predicted molar refractivity (Wildman–Crippen MR) is 138 cm³/mol. The third-order valence-electron chi connectivity index (χ3n) is 6.02. The van der Waals surface area contributed by atoms with E-state index >= 15 is 0 Å². The van der Waals surface area contributed by atoms with Gasteiger partial charge in [0, 0.05) is 19.2 Å². The molecule has 0 radical (unpaired) electrons. The number of carbonyl (C=O) groups is 5. The van der Waals surface area contributed by atoms with Crippen molar-refractivity contribution in [2.24, 2.45) is 11.8 Å². The molecule has 1 aliphatic rings. The normalized spacial score (nSPS) is 21.1. The maximum Gasteiger partial charge on any atom is 0.332 e. The van der Waals surface area contributed by atoms with Crippen molar-refractivity contribution in [3.8, 4) is 11.5 Å². The van der Waals surface area contributed by atoms with Gasteiger partial charge in [-0.2, -0.15) is 0 Å². The molecule has 1 fully saturated rings. The molecule has 0 saturated carbocycles. The lowest BCUT2D eigenvalue weighted by molar-refractivity contribution is -0.176. The Balaban J connectivity index is 1.90. The van der Waals surface area contributed by atoms with Crippen molar-refractivity contribution in [1.82, 2.24) is 10.3 Å². The molecule has 0 spiro atoms. The SMILES string of the molecule is COc1ccnc(C(=O)N[C@H]2COC(=O)C(Cc3ccccc3)C(OC(=O)C(C)C)C(C)OC2=O)c1OC(C)=O. The van der Waals surface area contributed by atoms with Gasteiger partial charge in [-0.15, -0.1) is 0 Å². The first-order valence-corrected chi connectivity index (χ1v) is 12.7. The number of pyridine rings is 1. The van der Waals surface area contributed by atoms with E-state index in [0.717, 1.165) is 12.5 Å². The molecule has 2 aromatic rings. The van der Waals surface area contributed by atoms with E-state index in [1.165, 1.54) is 26.3 Å². The largest absolute Gasteiger partial charge is 0.493 e. The van der Waals surface area contributed by atoms with Crippen molar-refractivity contribution in [2.45, 2.75) is 52.4 Å². The molecule has 1 N–H and O–H groups in total. The number of esters is 4. The van der Waals surface area contributed by atoms with E-state index in [4.69, 9.17) is 23.7 Å². The molecule has 3 unspecified atom stereocenters. The third-order valence-corrected chi connectivity index (χ3v) is 6.02. The third kappa shape index (κ3) is 7.55. The summed E-state index contributed by atoms with van der Waals surface area (Å²) >= 11 is 0. The van der Waals surface area contributed by atoms with Crippen molar-refractivity contribution in [1.29, 1.82) is 0 Å². The topological polar surface area (TPSA) is 156 Å². The van der Waals surface area contributed by atoms with E-state index in [1.54, 1.807) is 26.0 Å². The summed E-state index contributed by atoms with van der Waals surface area (Å²) in [5, 5.41) is 2.42. The van der Waals surface area contributed by atoms with Crippen LogP contribution in [-0.2, 0) is 39.8 Å². The van der Waals surface area contributed by atoms with E-state index < -0.39 is 66.5 Å². The lowest BCUT2D eigenvalue weighted by atomic mass is 9.91. The smallest absolute Gasteiger partial charge is 0.332 e. The minimum atomic E-state index is -1.45. The van der Waals surface area contributed by atoms with Crippen molar-refractivity contribution in [2.75, 3.05) is 13.7 Å². The van der Waals surface area contributed by atoms with E-state index in [-0.39, 0.29) is 23.6 Å². The molecule has 1 aromatic carbocycles. The van der Waals surface area contributed by atoms with Crippen LogP contribution in [0.5, 0.6) is 11.5 Å². The zero-order valence-electron chi connectivity index (χ0n) is 22.9. The quantitative estimate of drug-likeness (QED) is 0.375. The molecule has 1 saturated heterocycles. The molecule has 0 bridgehead atoms. The summed E-state index contributed by atoms with van der Waals surface area (Å²) in [4.78, 5) is 67.7. The number of amides is 1. The van der Waals surface area contributed by atoms with Crippen molar-refractivity contribution in [3.05, 3.63) is 53.9 Å². The first-order chi connectivity index (χ1) is 19.0. The van der Waals surface area contributed by atoms with Gasteiger partial charge in [-0.1, -0.05) is 44.2 Å². The Hall–Kier alpha value is -4.48. The molecule has 12 nitrogen and oxygen atoms in total. The lowest BCUT2D eigenvalue weighted by Crippen LogP contribution is -2.47. The second-order valence-corrected chi connectivity index (χ2v) is 9.44. The minimum Gasteiger partial charge on any atom is -0.493 e. The zero-order chi connectivity index (χ0) is 29.4. The lowest BCUT2D eigenvalue weighted by Gasteiger charge is -2.29. The number of hydrogen-bond donors (Lipinski definition) is 1. The number of rotatable bonds is 8. The summed E-state index contributed by atoms with van der Waals surface area (Å²) in [6.07, 6.45) is -0.822. The number of nitrogens with zero attached hydrogens (tertiary/aromatic N) is 1. The molecule has 1 aliphatic heterocycles. The fraction of sp³-hybridized carbons (Fsp3) is 0.429. The highest BCUT2D eigenvalue weighted by molar-refractivity contribution is 5.98. The molecule has 214 valence electrons. The highest BCUT2D eigenvalue weighted by Gasteiger charge is 2.42. The van der Waals surface area contributed by atoms with Crippen LogP contribution < -0.4 is 14.8 Å². The number of cyclic esters (lactones) is 2. The first kappa shape index (κ1) is 30.1. The van der Waals surface area contributed by atoms with Crippen LogP contribution in [0.1, 0.15) is 43.7 Å². The van der Waals surface area contributed by atoms with Crippen molar-refractivity contribution < 1.29 is 47.7 Å². The number of carbonyl (C=O) groups excluding carboxylic acids is 5. The number of nitrogens with one attached hydrogen (secondary N) is 1. The number of methoxy groups -OCH3 is 1. The number of hydrogen-bond acceptors (Lipinski definition) is 11. The summed E-state index contributed by atoms with van der Waals surface area (Å²) in [5.41, 5.74) is 0.437. The summed E-state index contributed by atoms with van der Waals surface area (Å²) in [6, 6.07) is 8.98. The van der Waals surface area contributed by atoms with E-state index in [1.807, 2.05) is 18.2 Å². The molecule has 2 heterocycles. The molecule has 3 rings (SSSR count). The van der Waals surface area contributed by atoms with Gasteiger partial charge in [0.25, 0.3) is 5.91 Å². The second-order valence-electron chi connectivity index (χ2n) is 9.44. The number of ether oxygens (including phenoxy) is 5. The number of aromatic nitrogens is 1. The van der Waals surface area contributed by atoms with Crippen molar-refractivity contribution in [3.63, 3.8) is 0 Å². The van der Waals surface area contributed by atoms with Gasteiger partial charge in [0.05, 0.1) is 13.0 Å². The van der Waals surface area contributed by atoms with Crippen LogP contribution in [0.3, 0.4) is 0 Å². The Morgan fingerprint density at radius 3 is 2.42 bits per heavy atom.